The number of Topliss-reactive ketones (excluding diaryl/α,β-unsaturated/α-hetero) is 1. The zero-order valence-corrected chi connectivity index (χ0v) is 9.78. The smallest absolute Gasteiger partial charge is 0.316 e. The van der Waals surface area contributed by atoms with Crippen molar-refractivity contribution in [2.75, 3.05) is 6.61 Å². The summed E-state index contributed by atoms with van der Waals surface area (Å²) in [7, 11) is 0. The number of ether oxygens (including phenoxy) is 1. The van der Waals surface area contributed by atoms with Gasteiger partial charge in [-0.05, 0) is 26.3 Å². The molecule has 4 nitrogen and oxygen atoms in total. The Balaban J connectivity index is 2.86. The minimum atomic E-state index is -0.726. The molecule has 1 rings (SSSR count). The fourth-order valence-corrected chi connectivity index (χ4v) is 1.53. The monoisotopic (exact) mass is 224 g/mol. The molecular formula is C12H16O4. The molecule has 0 saturated carbocycles. The molecule has 0 saturated heterocycles. The SMILES string of the molecule is CCOC(=O)C(CC)C(=O)c1ccoc1C. The number of hydrogen-bond acceptors (Lipinski definition) is 4. The third kappa shape index (κ3) is 2.51. The highest BCUT2D eigenvalue weighted by Crippen LogP contribution is 2.18. The second-order valence-electron chi connectivity index (χ2n) is 3.47. The van der Waals surface area contributed by atoms with Crippen LogP contribution in [0.15, 0.2) is 16.7 Å². The van der Waals surface area contributed by atoms with Crippen molar-refractivity contribution >= 4 is 11.8 Å². The van der Waals surface area contributed by atoms with Gasteiger partial charge in [0.2, 0.25) is 0 Å². The Morgan fingerprint density at radius 3 is 2.56 bits per heavy atom. The first-order valence-electron chi connectivity index (χ1n) is 5.36. The molecule has 0 aromatic carbocycles. The number of aryl methyl sites for hydroxylation is 1. The number of esters is 1. The largest absolute Gasteiger partial charge is 0.469 e. The topological polar surface area (TPSA) is 56.5 Å². The molecule has 1 heterocycles. The van der Waals surface area contributed by atoms with Crippen LogP contribution < -0.4 is 0 Å². The lowest BCUT2D eigenvalue weighted by Gasteiger charge is -2.11. The Morgan fingerprint density at radius 1 is 1.44 bits per heavy atom. The maximum absolute atomic E-state index is 12.0. The number of hydrogen-bond donors (Lipinski definition) is 0. The van der Waals surface area contributed by atoms with Crippen LogP contribution in [-0.4, -0.2) is 18.4 Å². The molecule has 1 aromatic heterocycles. The normalized spacial score (nSPS) is 12.2. The molecule has 1 atom stereocenters. The van der Waals surface area contributed by atoms with E-state index in [1.807, 2.05) is 0 Å². The van der Waals surface area contributed by atoms with Gasteiger partial charge in [0.15, 0.2) is 5.78 Å². The van der Waals surface area contributed by atoms with E-state index in [9.17, 15) is 9.59 Å². The number of rotatable bonds is 5. The fraction of sp³-hybridized carbons (Fsp3) is 0.500. The van der Waals surface area contributed by atoms with E-state index in [2.05, 4.69) is 0 Å². The van der Waals surface area contributed by atoms with E-state index in [4.69, 9.17) is 9.15 Å². The lowest BCUT2D eigenvalue weighted by Crippen LogP contribution is -2.25. The van der Waals surface area contributed by atoms with Gasteiger partial charge in [-0.3, -0.25) is 9.59 Å². The van der Waals surface area contributed by atoms with Crippen LogP contribution in [0, 0.1) is 12.8 Å². The van der Waals surface area contributed by atoms with Gasteiger partial charge in [-0.25, -0.2) is 0 Å². The van der Waals surface area contributed by atoms with Crippen LogP contribution in [0.25, 0.3) is 0 Å². The van der Waals surface area contributed by atoms with Crippen LogP contribution >= 0.6 is 0 Å². The van der Waals surface area contributed by atoms with E-state index in [1.165, 1.54) is 6.26 Å². The van der Waals surface area contributed by atoms with E-state index in [-0.39, 0.29) is 12.4 Å². The van der Waals surface area contributed by atoms with E-state index in [0.717, 1.165) is 0 Å². The predicted molar refractivity (Wildman–Crippen MR) is 58.2 cm³/mol. The molecule has 0 aliphatic rings. The Morgan fingerprint density at radius 2 is 2.12 bits per heavy atom. The first-order valence-corrected chi connectivity index (χ1v) is 5.36. The first-order chi connectivity index (χ1) is 7.61. The third-order valence-electron chi connectivity index (χ3n) is 2.42. The maximum atomic E-state index is 12.0. The van der Waals surface area contributed by atoms with Crippen LogP contribution in [0.3, 0.4) is 0 Å². The Bertz CT molecular complexity index is 378. The molecule has 0 bridgehead atoms. The summed E-state index contributed by atoms with van der Waals surface area (Å²) < 4.78 is 9.91. The van der Waals surface area contributed by atoms with Crippen molar-refractivity contribution in [2.24, 2.45) is 5.92 Å². The van der Waals surface area contributed by atoms with Crippen LogP contribution in [0.5, 0.6) is 0 Å². The predicted octanol–water partition coefficient (Wildman–Crippen LogP) is 2.36. The zero-order valence-electron chi connectivity index (χ0n) is 9.78. The van der Waals surface area contributed by atoms with Gasteiger partial charge in [0.05, 0.1) is 18.4 Å². The number of carbonyl (C=O) groups excluding carboxylic acids is 2. The summed E-state index contributed by atoms with van der Waals surface area (Å²) in [5.41, 5.74) is 0.458. The molecule has 16 heavy (non-hydrogen) atoms. The Labute approximate surface area is 94.6 Å². The molecule has 88 valence electrons. The van der Waals surface area contributed by atoms with Gasteiger partial charge < -0.3 is 9.15 Å². The molecule has 0 aliphatic heterocycles. The van der Waals surface area contributed by atoms with E-state index in [1.54, 1.807) is 26.8 Å². The van der Waals surface area contributed by atoms with Gasteiger partial charge >= 0.3 is 5.97 Å². The molecule has 0 amide bonds. The van der Waals surface area contributed by atoms with E-state index in [0.29, 0.717) is 17.7 Å². The summed E-state index contributed by atoms with van der Waals surface area (Å²) in [4.78, 5) is 23.6. The average molecular weight is 224 g/mol. The van der Waals surface area contributed by atoms with E-state index >= 15 is 0 Å². The van der Waals surface area contributed by atoms with E-state index < -0.39 is 11.9 Å². The number of ketones is 1. The molecular weight excluding hydrogens is 208 g/mol. The van der Waals surface area contributed by atoms with Crippen molar-refractivity contribution < 1.29 is 18.7 Å². The lowest BCUT2D eigenvalue weighted by molar-refractivity contribution is -0.146. The van der Waals surface area contributed by atoms with Gasteiger partial charge in [-0.1, -0.05) is 6.92 Å². The first kappa shape index (κ1) is 12.5. The minimum Gasteiger partial charge on any atom is -0.469 e. The average Bonchev–Trinajstić information content (AvgIpc) is 2.65. The summed E-state index contributed by atoms with van der Waals surface area (Å²) in [5.74, 6) is -0.883. The van der Waals surface area contributed by atoms with Crippen LogP contribution in [-0.2, 0) is 9.53 Å². The summed E-state index contributed by atoms with van der Waals surface area (Å²) >= 11 is 0. The molecule has 0 aliphatic carbocycles. The fourth-order valence-electron chi connectivity index (χ4n) is 1.53. The highest BCUT2D eigenvalue weighted by atomic mass is 16.5. The second-order valence-corrected chi connectivity index (χ2v) is 3.47. The Kier molecular flexibility index (Phi) is 4.28. The van der Waals surface area contributed by atoms with Gasteiger partial charge in [0, 0.05) is 0 Å². The molecule has 0 radical (unpaired) electrons. The van der Waals surface area contributed by atoms with Crippen LogP contribution in [0.4, 0.5) is 0 Å². The molecule has 4 heteroatoms. The van der Waals surface area contributed by atoms with Crippen molar-refractivity contribution in [2.45, 2.75) is 27.2 Å². The van der Waals surface area contributed by atoms with Crippen LogP contribution in [0.1, 0.15) is 36.4 Å². The van der Waals surface area contributed by atoms with Crippen molar-refractivity contribution in [3.63, 3.8) is 0 Å². The highest BCUT2D eigenvalue weighted by molar-refractivity contribution is 6.09. The van der Waals surface area contributed by atoms with Gasteiger partial charge in [0.1, 0.15) is 11.7 Å². The second kappa shape index (κ2) is 5.49. The maximum Gasteiger partial charge on any atom is 0.316 e. The van der Waals surface area contributed by atoms with Gasteiger partial charge in [0.25, 0.3) is 0 Å². The molecule has 0 fully saturated rings. The standard InChI is InChI=1S/C12H16O4/c1-4-9(12(14)15-5-2)11(13)10-6-7-16-8(10)3/h6-7,9H,4-5H2,1-3H3. The summed E-state index contributed by atoms with van der Waals surface area (Å²) in [6.45, 7) is 5.49. The lowest BCUT2D eigenvalue weighted by atomic mass is 9.96. The summed E-state index contributed by atoms with van der Waals surface area (Å²) in [6.07, 6.45) is 1.88. The minimum absolute atomic E-state index is 0.229. The number of furan rings is 1. The third-order valence-corrected chi connectivity index (χ3v) is 2.42. The van der Waals surface area contributed by atoms with Gasteiger partial charge in [-0.15, -0.1) is 0 Å². The van der Waals surface area contributed by atoms with Crippen molar-refractivity contribution in [1.29, 1.82) is 0 Å². The summed E-state index contributed by atoms with van der Waals surface area (Å²) in [6, 6.07) is 1.58. The molecule has 1 unspecified atom stereocenters. The summed E-state index contributed by atoms with van der Waals surface area (Å²) in [5, 5.41) is 0. The van der Waals surface area contributed by atoms with Crippen molar-refractivity contribution in [3.05, 3.63) is 23.7 Å². The zero-order chi connectivity index (χ0) is 12.1. The van der Waals surface area contributed by atoms with Crippen LogP contribution in [0.2, 0.25) is 0 Å². The van der Waals surface area contributed by atoms with Crippen molar-refractivity contribution in [3.8, 4) is 0 Å². The number of carbonyl (C=O) groups is 2. The molecule has 0 spiro atoms. The Hall–Kier alpha value is -1.58. The molecule has 1 aromatic rings. The van der Waals surface area contributed by atoms with Gasteiger partial charge in [-0.2, -0.15) is 0 Å². The van der Waals surface area contributed by atoms with Crippen molar-refractivity contribution in [1.82, 2.24) is 0 Å². The molecule has 0 N–H and O–H groups in total. The quantitative estimate of drug-likeness (QED) is 0.437. The highest BCUT2D eigenvalue weighted by Gasteiger charge is 2.28.